The van der Waals surface area contributed by atoms with Gasteiger partial charge in [-0.1, -0.05) is 13.3 Å². The van der Waals surface area contributed by atoms with E-state index in [9.17, 15) is 13.2 Å². The molecular weight excluding hydrogens is 304 g/mol. The van der Waals surface area contributed by atoms with E-state index >= 15 is 0 Å². The van der Waals surface area contributed by atoms with Gasteiger partial charge in [0.1, 0.15) is 0 Å². The minimum absolute atomic E-state index is 0.104. The summed E-state index contributed by atoms with van der Waals surface area (Å²) in [5.74, 6) is -0.271. The first kappa shape index (κ1) is 16.3. The predicted octanol–water partition coefficient (Wildman–Crippen LogP) is 1.38. The molecule has 2 aromatic heterocycles. The maximum Gasteiger partial charge on any atom is 0.234 e. The number of amides is 1. The number of pyridine rings is 1. The van der Waals surface area contributed by atoms with Gasteiger partial charge in [0.25, 0.3) is 0 Å². The van der Waals surface area contributed by atoms with E-state index in [0.717, 1.165) is 18.4 Å². The molecule has 0 radical (unpaired) electrons. The van der Waals surface area contributed by atoms with Gasteiger partial charge in [0, 0.05) is 25.4 Å². The van der Waals surface area contributed by atoms with Gasteiger partial charge in [-0.25, -0.2) is 12.9 Å². The van der Waals surface area contributed by atoms with Gasteiger partial charge >= 0.3 is 0 Å². The number of carbonyl (C=O) groups excluding carboxylic acids is 1. The van der Waals surface area contributed by atoms with Crippen LogP contribution in [0, 0.1) is 0 Å². The van der Waals surface area contributed by atoms with Crippen LogP contribution in [-0.4, -0.2) is 36.2 Å². The summed E-state index contributed by atoms with van der Waals surface area (Å²) < 4.78 is 28.1. The number of nitrogens with zero attached hydrogens (tertiary/aromatic N) is 2. The van der Waals surface area contributed by atoms with Crippen molar-refractivity contribution in [3.8, 4) is 0 Å². The predicted molar refractivity (Wildman–Crippen MR) is 85.1 cm³/mol. The van der Waals surface area contributed by atoms with Crippen LogP contribution in [0.15, 0.2) is 30.6 Å². The molecule has 0 aliphatic heterocycles. The van der Waals surface area contributed by atoms with Crippen molar-refractivity contribution in [2.75, 3.05) is 17.0 Å². The zero-order valence-electron chi connectivity index (χ0n) is 12.4. The number of hydrogen-bond acceptors (Lipinski definition) is 4. The normalized spacial score (nSPS) is 11.5. The van der Waals surface area contributed by atoms with E-state index in [1.54, 1.807) is 35.1 Å². The van der Waals surface area contributed by atoms with E-state index in [2.05, 4.69) is 15.1 Å². The van der Waals surface area contributed by atoms with Crippen LogP contribution in [0.5, 0.6) is 0 Å². The molecule has 0 unspecified atom stereocenters. The molecule has 8 heteroatoms. The summed E-state index contributed by atoms with van der Waals surface area (Å²) in [6, 6.07) is 5.12. The standard InChI is InChI=1S/C14H20N4O3S/c1-2-3-4-14(19)15-8-10-22(20,21)17-12-6-9-18-13(11-12)5-7-16-18/h5-7,9,11,17H,2-4,8,10H2,1H3,(H,15,19). The van der Waals surface area contributed by atoms with E-state index < -0.39 is 10.0 Å². The van der Waals surface area contributed by atoms with E-state index in [0.29, 0.717) is 12.1 Å². The van der Waals surface area contributed by atoms with Crippen LogP contribution in [-0.2, 0) is 14.8 Å². The maximum absolute atomic E-state index is 12.0. The molecule has 1 amide bonds. The molecule has 0 saturated carbocycles. The van der Waals surface area contributed by atoms with Crippen LogP contribution < -0.4 is 10.0 Å². The van der Waals surface area contributed by atoms with Crippen LogP contribution in [0.2, 0.25) is 0 Å². The molecule has 0 aliphatic rings. The molecule has 0 aliphatic carbocycles. The van der Waals surface area contributed by atoms with Crippen molar-refractivity contribution >= 4 is 27.1 Å². The molecule has 0 spiro atoms. The van der Waals surface area contributed by atoms with Crippen LogP contribution in [0.25, 0.3) is 5.52 Å². The van der Waals surface area contributed by atoms with Crippen molar-refractivity contribution in [2.24, 2.45) is 0 Å². The molecule has 22 heavy (non-hydrogen) atoms. The van der Waals surface area contributed by atoms with Gasteiger partial charge in [-0.15, -0.1) is 0 Å². The summed E-state index contributed by atoms with van der Waals surface area (Å²) in [5, 5.41) is 6.65. The molecule has 0 saturated heterocycles. The molecule has 0 fully saturated rings. The fraction of sp³-hybridized carbons (Fsp3) is 0.429. The number of unbranched alkanes of at least 4 members (excludes halogenated alkanes) is 1. The largest absolute Gasteiger partial charge is 0.355 e. The summed E-state index contributed by atoms with van der Waals surface area (Å²) in [6.07, 6.45) is 5.49. The lowest BCUT2D eigenvalue weighted by atomic mass is 10.2. The van der Waals surface area contributed by atoms with Gasteiger partial charge < -0.3 is 5.32 Å². The zero-order valence-corrected chi connectivity index (χ0v) is 13.3. The summed E-state index contributed by atoms with van der Waals surface area (Å²) in [7, 11) is -3.50. The Kier molecular flexibility index (Phi) is 5.37. The monoisotopic (exact) mass is 324 g/mol. The Labute approximate surface area is 129 Å². The van der Waals surface area contributed by atoms with Gasteiger partial charge in [-0.05, 0) is 24.6 Å². The van der Waals surface area contributed by atoms with Crippen molar-refractivity contribution in [1.29, 1.82) is 0 Å². The third kappa shape index (κ3) is 4.73. The Bertz CT molecular complexity index is 739. The minimum Gasteiger partial charge on any atom is -0.355 e. The quantitative estimate of drug-likeness (QED) is 0.767. The maximum atomic E-state index is 12.0. The van der Waals surface area contributed by atoms with E-state index in [-0.39, 0.29) is 18.2 Å². The number of nitrogens with one attached hydrogen (secondary N) is 2. The SMILES string of the molecule is CCCCC(=O)NCCS(=O)(=O)Nc1ccn2nccc2c1. The van der Waals surface area contributed by atoms with Crippen molar-refractivity contribution in [3.05, 3.63) is 30.6 Å². The summed E-state index contributed by atoms with van der Waals surface area (Å²) >= 11 is 0. The summed E-state index contributed by atoms with van der Waals surface area (Å²) in [5.41, 5.74) is 1.28. The molecular formula is C14H20N4O3S. The van der Waals surface area contributed by atoms with Crippen LogP contribution in [0.4, 0.5) is 5.69 Å². The number of hydrogen-bond donors (Lipinski definition) is 2. The van der Waals surface area contributed by atoms with Crippen LogP contribution in [0.3, 0.4) is 0 Å². The highest BCUT2D eigenvalue weighted by Crippen LogP contribution is 2.12. The molecule has 7 nitrogen and oxygen atoms in total. The zero-order chi connectivity index (χ0) is 16.0. The smallest absolute Gasteiger partial charge is 0.234 e. The Morgan fingerprint density at radius 3 is 2.95 bits per heavy atom. The number of anilines is 1. The van der Waals surface area contributed by atoms with Gasteiger partial charge in [0.05, 0.1) is 17.0 Å². The first-order valence-electron chi connectivity index (χ1n) is 7.21. The molecule has 2 rings (SSSR count). The Balaban J connectivity index is 1.86. The second kappa shape index (κ2) is 7.26. The summed E-state index contributed by atoms with van der Waals surface area (Å²) in [4.78, 5) is 11.4. The Morgan fingerprint density at radius 2 is 2.18 bits per heavy atom. The van der Waals surface area contributed by atoms with E-state index in [4.69, 9.17) is 0 Å². The molecule has 120 valence electrons. The first-order valence-corrected chi connectivity index (χ1v) is 8.86. The lowest BCUT2D eigenvalue weighted by Gasteiger charge is -2.09. The number of aromatic nitrogens is 2. The average Bonchev–Trinajstić information content (AvgIpc) is 2.92. The Morgan fingerprint density at radius 1 is 1.36 bits per heavy atom. The third-order valence-corrected chi connectivity index (χ3v) is 4.41. The number of sulfonamides is 1. The second-order valence-corrected chi connectivity index (χ2v) is 6.83. The molecule has 0 bridgehead atoms. The van der Waals surface area contributed by atoms with Gasteiger partial charge in [-0.2, -0.15) is 5.10 Å². The lowest BCUT2D eigenvalue weighted by Crippen LogP contribution is -2.31. The van der Waals surface area contributed by atoms with E-state index in [1.165, 1.54) is 0 Å². The van der Waals surface area contributed by atoms with Crippen molar-refractivity contribution < 1.29 is 13.2 Å². The fourth-order valence-electron chi connectivity index (χ4n) is 1.97. The van der Waals surface area contributed by atoms with Gasteiger partial charge in [0.2, 0.25) is 15.9 Å². The number of carbonyl (C=O) groups is 1. The first-order chi connectivity index (χ1) is 10.5. The Hall–Kier alpha value is -2.09. The van der Waals surface area contributed by atoms with Crippen LogP contribution >= 0.6 is 0 Å². The summed E-state index contributed by atoms with van der Waals surface area (Å²) in [6.45, 7) is 2.10. The molecule has 2 aromatic rings. The second-order valence-electron chi connectivity index (χ2n) is 4.99. The van der Waals surface area contributed by atoms with Gasteiger partial charge in [-0.3, -0.25) is 9.52 Å². The molecule has 2 N–H and O–H groups in total. The van der Waals surface area contributed by atoms with Gasteiger partial charge in [0.15, 0.2) is 0 Å². The number of fused-ring (bicyclic) bond motifs is 1. The van der Waals surface area contributed by atoms with Crippen molar-refractivity contribution in [1.82, 2.24) is 14.9 Å². The molecule has 0 atom stereocenters. The van der Waals surface area contributed by atoms with E-state index in [1.807, 2.05) is 6.92 Å². The van der Waals surface area contributed by atoms with Crippen molar-refractivity contribution in [2.45, 2.75) is 26.2 Å². The highest BCUT2D eigenvalue weighted by Gasteiger charge is 2.11. The van der Waals surface area contributed by atoms with Crippen LogP contribution in [0.1, 0.15) is 26.2 Å². The highest BCUT2D eigenvalue weighted by atomic mass is 32.2. The lowest BCUT2D eigenvalue weighted by molar-refractivity contribution is -0.121. The fourth-order valence-corrected chi connectivity index (χ4v) is 2.93. The van der Waals surface area contributed by atoms with Crippen molar-refractivity contribution in [3.63, 3.8) is 0 Å². The number of rotatable bonds is 8. The molecule has 2 heterocycles. The highest BCUT2D eigenvalue weighted by molar-refractivity contribution is 7.92. The topological polar surface area (TPSA) is 92.6 Å². The third-order valence-electron chi connectivity index (χ3n) is 3.12. The minimum atomic E-state index is -3.50. The molecule has 0 aromatic carbocycles. The average molecular weight is 324 g/mol.